The normalized spacial score (nSPS) is 31.1. The van der Waals surface area contributed by atoms with Crippen molar-refractivity contribution in [2.75, 3.05) is 0 Å². The highest BCUT2D eigenvalue weighted by Crippen LogP contribution is 2.32. The smallest absolute Gasteiger partial charge is 0.181 e. The van der Waals surface area contributed by atoms with Gasteiger partial charge in [0.2, 0.25) is 0 Å². The third kappa shape index (κ3) is 2.23. The van der Waals surface area contributed by atoms with Crippen LogP contribution in [0.5, 0.6) is 5.75 Å². The summed E-state index contributed by atoms with van der Waals surface area (Å²) in [6.45, 7) is 0.449. The van der Waals surface area contributed by atoms with E-state index >= 15 is 0 Å². The van der Waals surface area contributed by atoms with Gasteiger partial charge < -0.3 is 20.3 Å². The highest BCUT2D eigenvalue weighted by atomic mass is 16.6. The first-order valence-electron chi connectivity index (χ1n) is 6.59. The zero-order chi connectivity index (χ0) is 12.5. The van der Waals surface area contributed by atoms with Gasteiger partial charge in [-0.2, -0.15) is 0 Å². The van der Waals surface area contributed by atoms with Crippen molar-refractivity contribution in [3.63, 3.8) is 0 Å². The Morgan fingerprint density at radius 2 is 2.11 bits per heavy atom. The summed E-state index contributed by atoms with van der Waals surface area (Å²) in [5.41, 5.74) is 7.92. The molecule has 0 bridgehead atoms. The fourth-order valence-corrected chi connectivity index (χ4v) is 2.73. The number of benzene rings is 1. The van der Waals surface area contributed by atoms with Crippen LogP contribution in [0.25, 0.3) is 0 Å². The second kappa shape index (κ2) is 4.88. The topological polar surface area (TPSA) is 64.7 Å². The van der Waals surface area contributed by atoms with Gasteiger partial charge >= 0.3 is 0 Å². The maximum Gasteiger partial charge on any atom is 0.181 e. The molecule has 98 valence electrons. The van der Waals surface area contributed by atoms with Crippen LogP contribution >= 0.6 is 0 Å². The number of rotatable bonds is 2. The lowest BCUT2D eigenvalue weighted by molar-refractivity contribution is -0.0918. The molecule has 18 heavy (non-hydrogen) atoms. The third-order valence-electron chi connectivity index (χ3n) is 3.82. The van der Waals surface area contributed by atoms with Gasteiger partial charge in [-0.05, 0) is 43.0 Å². The van der Waals surface area contributed by atoms with Gasteiger partial charge in [0.1, 0.15) is 11.9 Å². The van der Waals surface area contributed by atoms with Crippen LogP contribution in [-0.4, -0.2) is 17.3 Å². The predicted octanol–water partition coefficient (Wildman–Crippen LogP) is 1.86. The molecule has 0 saturated heterocycles. The van der Waals surface area contributed by atoms with Gasteiger partial charge in [-0.25, -0.2) is 0 Å². The van der Waals surface area contributed by atoms with E-state index in [1.807, 2.05) is 18.2 Å². The summed E-state index contributed by atoms with van der Waals surface area (Å²) in [5.74, 6) is 0.828. The Morgan fingerprint density at radius 1 is 1.28 bits per heavy atom. The summed E-state index contributed by atoms with van der Waals surface area (Å²) in [6.07, 6.45) is 3.78. The van der Waals surface area contributed by atoms with Gasteiger partial charge in [0.15, 0.2) is 6.29 Å². The number of ether oxygens (including phenoxy) is 2. The van der Waals surface area contributed by atoms with E-state index in [1.54, 1.807) is 0 Å². The molecule has 0 radical (unpaired) electrons. The van der Waals surface area contributed by atoms with Crippen LogP contribution in [0.15, 0.2) is 18.2 Å². The number of aliphatic hydroxyl groups is 1. The first kappa shape index (κ1) is 12.0. The molecule has 4 nitrogen and oxygen atoms in total. The molecule has 0 aromatic heterocycles. The molecule has 3 atom stereocenters. The summed E-state index contributed by atoms with van der Waals surface area (Å²) in [4.78, 5) is 0. The van der Waals surface area contributed by atoms with Gasteiger partial charge in [0.05, 0.1) is 6.61 Å². The minimum atomic E-state index is -0.786. The Balaban J connectivity index is 1.73. The molecule has 3 rings (SSSR count). The molecular formula is C14H19NO3. The van der Waals surface area contributed by atoms with Crippen molar-refractivity contribution in [2.45, 2.75) is 50.7 Å². The Morgan fingerprint density at radius 3 is 2.94 bits per heavy atom. The SMILES string of the molecule is N[C@H]1CCCC[C@@H]1Oc1ccc2c(c1)COC2O. The number of hydrogen-bond donors (Lipinski definition) is 2. The second-order valence-electron chi connectivity index (χ2n) is 5.13. The van der Waals surface area contributed by atoms with E-state index < -0.39 is 6.29 Å². The Bertz CT molecular complexity index is 435. The largest absolute Gasteiger partial charge is 0.489 e. The van der Waals surface area contributed by atoms with Crippen LogP contribution in [-0.2, 0) is 11.3 Å². The zero-order valence-electron chi connectivity index (χ0n) is 10.3. The molecular weight excluding hydrogens is 230 g/mol. The fraction of sp³-hybridized carbons (Fsp3) is 0.571. The highest BCUT2D eigenvalue weighted by Gasteiger charge is 2.25. The fourth-order valence-electron chi connectivity index (χ4n) is 2.73. The molecule has 1 aliphatic heterocycles. The van der Waals surface area contributed by atoms with Crippen LogP contribution in [0.4, 0.5) is 0 Å². The van der Waals surface area contributed by atoms with Crippen molar-refractivity contribution in [1.82, 2.24) is 0 Å². The van der Waals surface area contributed by atoms with E-state index in [9.17, 15) is 5.11 Å². The van der Waals surface area contributed by atoms with E-state index in [0.717, 1.165) is 29.7 Å². The highest BCUT2D eigenvalue weighted by molar-refractivity contribution is 5.37. The molecule has 4 heteroatoms. The lowest BCUT2D eigenvalue weighted by Crippen LogP contribution is -2.41. The first-order valence-corrected chi connectivity index (χ1v) is 6.59. The van der Waals surface area contributed by atoms with Gasteiger partial charge in [0, 0.05) is 11.6 Å². The van der Waals surface area contributed by atoms with Gasteiger partial charge in [0.25, 0.3) is 0 Å². The van der Waals surface area contributed by atoms with E-state index in [2.05, 4.69) is 0 Å². The maximum absolute atomic E-state index is 9.55. The minimum absolute atomic E-state index is 0.115. The van der Waals surface area contributed by atoms with E-state index in [4.69, 9.17) is 15.2 Å². The zero-order valence-corrected chi connectivity index (χ0v) is 10.3. The Labute approximate surface area is 107 Å². The number of hydrogen-bond acceptors (Lipinski definition) is 4. The number of aliphatic hydroxyl groups excluding tert-OH is 1. The van der Waals surface area contributed by atoms with Crippen LogP contribution in [0.2, 0.25) is 0 Å². The van der Waals surface area contributed by atoms with Crippen molar-refractivity contribution < 1.29 is 14.6 Å². The van der Waals surface area contributed by atoms with Crippen LogP contribution < -0.4 is 10.5 Å². The lowest BCUT2D eigenvalue weighted by Gasteiger charge is -2.29. The van der Waals surface area contributed by atoms with Crippen molar-refractivity contribution in [1.29, 1.82) is 0 Å². The summed E-state index contributed by atoms with van der Waals surface area (Å²) >= 11 is 0. The van der Waals surface area contributed by atoms with Crippen LogP contribution in [0.3, 0.4) is 0 Å². The maximum atomic E-state index is 9.55. The molecule has 1 saturated carbocycles. The van der Waals surface area contributed by atoms with Crippen molar-refractivity contribution >= 4 is 0 Å². The summed E-state index contributed by atoms with van der Waals surface area (Å²) in [7, 11) is 0. The van der Waals surface area contributed by atoms with Gasteiger partial charge in [-0.15, -0.1) is 0 Å². The molecule has 1 aromatic rings. The van der Waals surface area contributed by atoms with Gasteiger partial charge in [-0.3, -0.25) is 0 Å². The molecule has 3 N–H and O–H groups in total. The molecule has 1 heterocycles. The molecule has 1 unspecified atom stereocenters. The summed E-state index contributed by atoms with van der Waals surface area (Å²) in [5, 5.41) is 9.55. The number of fused-ring (bicyclic) bond motifs is 1. The third-order valence-corrected chi connectivity index (χ3v) is 3.82. The second-order valence-corrected chi connectivity index (χ2v) is 5.13. The van der Waals surface area contributed by atoms with Crippen molar-refractivity contribution in [3.05, 3.63) is 29.3 Å². The number of nitrogens with two attached hydrogens (primary N) is 1. The summed E-state index contributed by atoms with van der Waals surface area (Å²) in [6, 6.07) is 5.84. The molecule has 0 amide bonds. The molecule has 1 aromatic carbocycles. The average Bonchev–Trinajstić information content (AvgIpc) is 2.74. The monoisotopic (exact) mass is 249 g/mol. The average molecular weight is 249 g/mol. The van der Waals surface area contributed by atoms with E-state index in [1.165, 1.54) is 12.8 Å². The van der Waals surface area contributed by atoms with Crippen LogP contribution in [0, 0.1) is 0 Å². The minimum Gasteiger partial charge on any atom is -0.489 e. The first-order chi connectivity index (χ1) is 8.74. The quantitative estimate of drug-likeness (QED) is 0.839. The van der Waals surface area contributed by atoms with E-state index in [-0.39, 0.29) is 12.1 Å². The molecule has 1 aliphatic carbocycles. The van der Waals surface area contributed by atoms with E-state index in [0.29, 0.717) is 6.61 Å². The van der Waals surface area contributed by atoms with Crippen molar-refractivity contribution in [2.24, 2.45) is 5.73 Å². The Kier molecular flexibility index (Phi) is 3.24. The van der Waals surface area contributed by atoms with Gasteiger partial charge in [-0.1, -0.05) is 6.42 Å². The van der Waals surface area contributed by atoms with Crippen LogP contribution in [0.1, 0.15) is 43.1 Å². The molecule has 0 spiro atoms. The standard InChI is InChI=1S/C14H19NO3/c15-12-3-1-2-4-13(12)18-10-5-6-11-9(7-10)8-17-14(11)16/h5-7,12-14,16H,1-4,8,15H2/t12-,13-,14?/m0/s1. The predicted molar refractivity (Wildman–Crippen MR) is 67.1 cm³/mol. The Hall–Kier alpha value is -1.10. The summed E-state index contributed by atoms with van der Waals surface area (Å²) < 4.78 is 11.1. The molecule has 1 fully saturated rings. The van der Waals surface area contributed by atoms with Crippen molar-refractivity contribution in [3.8, 4) is 5.75 Å². The molecule has 2 aliphatic rings. The lowest BCUT2D eigenvalue weighted by atomic mass is 9.93.